The second kappa shape index (κ2) is 13.1. The molecule has 2 unspecified atom stereocenters. The summed E-state index contributed by atoms with van der Waals surface area (Å²) in [6, 6.07) is 14.8. The van der Waals surface area contributed by atoms with Gasteiger partial charge in [0.15, 0.2) is 15.4 Å². The zero-order valence-electron chi connectivity index (χ0n) is 21.7. The molecule has 11 nitrogen and oxygen atoms in total. The molecule has 12 heteroatoms. The minimum absolute atomic E-state index is 0.101. The lowest BCUT2D eigenvalue weighted by molar-refractivity contribution is -0.154. The number of benzene rings is 2. The summed E-state index contributed by atoms with van der Waals surface area (Å²) in [4.78, 5) is 25.2. The largest absolute Gasteiger partial charge is 0.491 e. The van der Waals surface area contributed by atoms with Gasteiger partial charge in [-0.2, -0.15) is 0 Å². The number of rotatable bonds is 13. The average molecular weight is 562 g/mol. The molecule has 0 bridgehead atoms. The van der Waals surface area contributed by atoms with E-state index in [0.29, 0.717) is 13.0 Å². The van der Waals surface area contributed by atoms with Crippen LogP contribution in [0.4, 0.5) is 4.79 Å². The topological polar surface area (TPSA) is 182 Å². The number of hydrogen-bond acceptors (Lipinski definition) is 8. The number of carboxylic acids is 1. The van der Waals surface area contributed by atoms with Crippen LogP contribution in [-0.4, -0.2) is 79.7 Å². The van der Waals surface area contributed by atoms with Crippen molar-refractivity contribution in [2.75, 3.05) is 32.5 Å². The first-order chi connectivity index (χ1) is 18.4. The van der Waals surface area contributed by atoms with E-state index < -0.39 is 40.1 Å². The molecule has 6 N–H and O–H groups in total. The van der Waals surface area contributed by atoms with Gasteiger partial charge in [0.25, 0.3) is 0 Å². The Morgan fingerprint density at radius 3 is 2.28 bits per heavy atom. The molecule has 2 aromatic rings. The van der Waals surface area contributed by atoms with E-state index in [1.165, 1.54) is 29.2 Å². The van der Waals surface area contributed by atoms with Gasteiger partial charge in [0.05, 0.1) is 17.6 Å². The highest BCUT2D eigenvalue weighted by Crippen LogP contribution is 2.29. The van der Waals surface area contributed by atoms with Gasteiger partial charge < -0.3 is 36.1 Å². The maximum atomic E-state index is 12.6. The molecule has 2 aromatic carbocycles. The third-order valence-electron chi connectivity index (χ3n) is 6.82. The summed E-state index contributed by atoms with van der Waals surface area (Å²) < 4.78 is 35.4. The first-order valence-electron chi connectivity index (χ1n) is 12.4. The quantitative estimate of drug-likeness (QED) is 0.264. The van der Waals surface area contributed by atoms with Crippen LogP contribution in [0.15, 0.2) is 71.1 Å². The van der Waals surface area contributed by atoms with E-state index in [-0.39, 0.29) is 42.7 Å². The Balaban J connectivity index is 1.84. The van der Waals surface area contributed by atoms with Gasteiger partial charge in [-0.15, -0.1) is 0 Å². The van der Waals surface area contributed by atoms with E-state index in [2.05, 4.69) is 0 Å². The molecule has 3 rings (SSSR count). The van der Waals surface area contributed by atoms with Crippen LogP contribution < -0.4 is 16.2 Å². The molecular formula is C27H35N3O8S. The summed E-state index contributed by atoms with van der Waals surface area (Å²) in [6.45, 7) is 0.364. The van der Waals surface area contributed by atoms with Crippen LogP contribution >= 0.6 is 0 Å². The zero-order chi connectivity index (χ0) is 28.6. The predicted molar refractivity (Wildman–Crippen MR) is 144 cm³/mol. The third-order valence-corrected chi connectivity index (χ3v) is 7.95. The third kappa shape index (κ3) is 8.02. The Morgan fingerprint density at radius 1 is 1.10 bits per heavy atom. The fourth-order valence-corrected chi connectivity index (χ4v) is 4.99. The number of sulfone groups is 1. The number of ether oxygens (including phenoxy) is 2. The monoisotopic (exact) mass is 561 g/mol. The van der Waals surface area contributed by atoms with Crippen LogP contribution in [0.1, 0.15) is 18.4 Å². The number of nitrogens with two attached hydrogens (primary N) is 2. The van der Waals surface area contributed by atoms with E-state index in [1.807, 2.05) is 36.4 Å². The van der Waals surface area contributed by atoms with Crippen LogP contribution in [0, 0.1) is 5.92 Å². The molecule has 3 atom stereocenters. The molecule has 0 aliphatic carbocycles. The number of amides is 1. The molecule has 0 saturated heterocycles. The molecular weight excluding hydrogens is 526 g/mol. The van der Waals surface area contributed by atoms with Crippen molar-refractivity contribution in [3.63, 3.8) is 0 Å². The minimum atomic E-state index is -3.41. The number of aliphatic carboxylic acids is 1. The molecule has 39 heavy (non-hydrogen) atoms. The maximum Gasteiger partial charge on any atom is 0.407 e. The Bertz CT molecular complexity index is 1270. The second-order valence-corrected chi connectivity index (χ2v) is 11.6. The molecule has 0 spiro atoms. The molecule has 0 aromatic heterocycles. The van der Waals surface area contributed by atoms with Crippen molar-refractivity contribution in [2.24, 2.45) is 17.4 Å². The summed E-state index contributed by atoms with van der Waals surface area (Å²) >= 11 is 0. The molecule has 212 valence electrons. The molecule has 1 aliphatic heterocycles. The Labute approximate surface area is 227 Å². The molecule has 1 amide bonds. The lowest BCUT2D eigenvalue weighted by atomic mass is 9.82. The SMILES string of the molecule is CS(=O)(=O)c1ccc(OC[C@@](N)(C(=O)O)C(CC(CN)C2=CCN(C(=O)O)CC2)OCc2ccccc2)cc1. The first kappa shape index (κ1) is 30.1. The van der Waals surface area contributed by atoms with Gasteiger partial charge in [-0.05, 0) is 55.1 Å². The van der Waals surface area contributed by atoms with Gasteiger partial charge in [0.2, 0.25) is 0 Å². The molecule has 1 aliphatic rings. The number of hydrogen-bond donors (Lipinski definition) is 4. The Kier molecular flexibility index (Phi) is 10.1. The van der Waals surface area contributed by atoms with Gasteiger partial charge in [-0.3, -0.25) is 0 Å². The van der Waals surface area contributed by atoms with Crippen molar-refractivity contribution < 1.29 is 37.7 Å². The standard InChI is InChI=1S/C27H35N3O8S/c1-39(35,36)23-9-7-22(8-10-23)38-18-27(29,25(31)32)24(37-17-19-5-3-2-4-6-19)15-21(16-28)20-11-13-30(14-12-20)26(33)34/h2-11,21,24H,12-18,28-29H2,1H3,(H,31,32)(H,33,34)/t21?,24?,27-/m0/s1. The molecule has 0 fully saturated rings. The van der Waals surface area contributed by atoms with Crippen molar-refractivity contribution in [1.82, 2.24) is 4.90 Å². The average Bonchev–Trinajstić information content (AvgIpc) is 2.92. The minimum Gasteiger partial charge on any atom is -0.491 e. The smallest absolute Gasteiger partial charge is 0.407 e. The van der Waals surface area contributed by atoms with Gasteiger partial charge in [0.1, 0.15) is 12.4 Å². The van der Waals surface area contributed by atoms with E-state index in [0.717, 1.165) is 17.4 Å². The highest BCUT2D eigenvalue weighted by Gasteiger charge is 2.46. The van der Waals surface area contributed by atoms with Gasteiger partial charge in [0, 0.05) is 19.3 Å². The molecule has 1 heterocycles. The summed E-state index contributed by atoms with van der Waals surface area (Å²) in [5.74, 6) is -1.38. The van der Waals surface area contributed by atoms with Crippen LogP contribution in [0.25, 0.3) is 0 Å². The summed E-state index contributed by atoms with van der Waals surface area (Å²) in [6.07, 6.45) is 1.49. The summed E-state index contributed by atoms with van der Waals surface area (Å²) in [5, 5.41) is 19.5. The van der Waals surface area contributed by atoms with Crippen molar-refractivity contribution in [1.29, 1.82) is 0 Å². The van der Waals surface area contributed by atoms with Gasteiger partial charge in [-0.1, -0.05) is 42.0 Å². The Morgan fingerprint density at radius 2 is 1.77 bits per heavy atom. The summed E-state index contributed by atoms with van der Waals surface area (Å²) in [5.41, 5.74) is 12.4. The lowest BCUT2D eigenvalue weighted by Gasteiger charge is -2.36. The fourth-order valence-electron chi connectivity index (χ4n) is 4.36. The maximum absolute atomic E-state index is 12.6. The Hall–Kier alpha value is -3.45. The first-order valence-corrected chi connectivity index (χ1v) is 14.3. The van der Waals surface area contributed by atoms with E-state index in [4.69, 9.17) is 20.9 Å². The number of carbonyl (C=O) groups is 2. The van der Waals surface area contributed by atoms with Crippen molar-refractivity contribution >= 4 is 21.9 Å². The predicted octanol–water partition coefficient (Wildman–Crippen LogP) is 2.11. The van der Waals surface area contributed by atoms with Crippen LogP contribution in [0.5, 0.6) is 5.75 Å². The van der Waals surface area contributed by atoms with Crippen LogP contribution in [-0.2, 0) is 26.0 Å². The molecule has 0 saturated carbocycles. The van der Waals surface area contributed by atoms with Crippen molar-refractivity contribution in [2.45, 2.75) is 36.0 Å². The van der Waals surface area contributed by atoms with E-state index in [9.17, 15) is 28.2 Å². The van der Waals surface area contributed by atoms with Gasteiger partial charge >= 0.3 is 12.1 Å². The number of carboxylic acid groups (broad SMARTS) is 2. The number of nitrogens with zero attached hydrogens (tertiary/aromatic N) is 1. The van der Waals surface area contributed by atoms with Crippen molar-refractivity contribution in [3.05, 3.63) is 71.8 Å². The van der Waals surface area contributed by atoms with Crippen molar-refractivity contribution in [3.8, 4) is 5.75 Å². The highest BCUT2D eigenvalue weighted by atomic mass is 32.2. The van der Waals surface area contributed by atoms with Crippen LogP contribution in [0.3, 0.4) is 0 Å². The van der Waals surface area contributed by atoms with E-state index >= 15 is 0 Å². The van der Waals surface area contributed by atoms with Crippen LogP contribution in [0.2, 0.25) is 0 Å². The lowest BCUT2D eigenvalue weighted by Crippen LogP contribution is -2.62. The van der Waals surface area contributed by atoms with E-state index in [1.54, 1.807) is 0 Å². The second-order valence-electron chi connectivity index (χ2n) is 9.59. The molecule has 0 radical (unpaired) electrons. The zero-order valence-corrected chi connectivity index (χ0v) is 22.5. The normalized spacial score (nSPS) is 17.0. The fraction of sp³-hybridized carbons (Fsp3) is 0.407. The highest BCUT2D eigenvalue weighted by molar-refractivity contribution is 7.90. The summed E-state index contributed by atoms with van der Waals surface area (Å²) in [7, 11) is -3.41. The van der Waals surface area contributed by atoms with Gasteiger partial charge in [-0.25, -0.2) is 18.0 Å².